The Hall–Kier alpha value is -2.88. The van der Waals surface area contributed by atoms with Gasteiger partial charge in [-0.1, -0.05) is 13.0 Å². The number of likely N-dealkylation sites (tertiary alicyclic amines) is 1. The number of allylic oxidation sites excluding steroid dienone is 2. The first-order valence-electron chi connectivity index (χ1n) is 9.89. The van der Waals surface area contributed by atoms with Crippen LogP contribution in [0.5, 0.6) is 0 Å². The maximum Gasteiger partial charge on any atom is 0.251 e. The van der Waals surface area contributed by atoms with Crippen LogP contribution in [-0.2, 0) is 9.53 Å². The third-order valence-corrected chi connectivity index (χ3v) is 5.93. The van der Waals surface area contributed by atoms with Crippen molar-refractivity contribution in [3.8, 4) is 6.07 Å². The fourth-order valence-corrected chi connectivity index (χ4v) is 4.18. The largest absolute Gasteiger partial charge is 0.494 e. The molecule has 0 N–H and O–H groups in total. The van der Waals surface area contributed by atoms with E-state index in [-0.39, 0.29) is 37.8 Å². The van der Waals surface area contributed by atoms with Gasteiger partial charge >= 0.3 is 0 Å². The molecule has 2 atom stereocenters. The summed E-state index contributed by atoms with van der Waals surface area (Å²) in [6, 6.07) is 9.47. The minimum absolute atomic E-state index is 0.0903. The summed E-state index contributed by atoms with van der Waals surface area (Å²) in [6.07, 6.45) is 3.21. The van der Waals surface area contributed by atoms with Crippen molar-refractivity contribution in [2.45, 2.75) is 25.7 Å². The van der Waals surface area contributed by atoms with E-state index in [1.54, 1.807) is 17.0 Å². The average Bonchev–Trinajstić information content (AvgIpc) is 2.73. The average molecular weight is 399 g/mol. The molecule has 2 unspecified atom stereocenters. The molecule has 1 fully saturated rings. The van der Waals surface area contributed by atoms with Crippen molar-refractivity contribution >= 4 is 11.6 Å². The number of carbonyl (C=O) groups excluding carboxylic acids is 1. The molecule has 0 bridgehead atoms. The van der Waals surface area contributed by atoms with Crippen LogP contribution in [0.2, 0.25) is 0 Å². The van der Waals surface area contributed by atoms with Gasteiger partial charge in [0, 0.05) is 37.5 Å². The van der Waals surface area contributed by atoms with E-state index in [9.17, 15) is 13.6 Å². The molecule has 1 aromatic rings. The van der Waals surface area contributed by atoms with Crippen molar-refractivity contribution in [2.75, 3.05) is 31.1 Å². The zero-order valence-corrected chi connectivity index (χ0v) is 16.3. The van der Waals surface area contributed by atoms with E-state index in [0.29, 0.717) is 18.7 Å². The Morgan fingerprint density at radius 3 is 2.55 bits per heavy atom. The highest BCUT2D eigenvalue weighted by Crippen LogP contribution is 2.38. The number of halogens is 2. The van der Waals surface area contributed by atoms with Gasteiger partial charge in [0.2, 0.25) is 5.91 Å². The van der Waals surface area contributed by atoms with Crippen LogP contribution in [-0.4, -0.2) is 43.0 Å². The lowest BCUT2D eigenvalue weighted by molar-refractivity contribution is -0.141. The summed E-state index contributed by atoms with van der Waals surface area (Å²) in [5.41, 5.74) is 2.46. The Bertz CT molecular complexity index is 892. The number of ether oxygens (including phenoxy) is 1. The number of hydrogen-bond donors (Lipinski definition) is 0. The third kappa shape index (κ3) is 3.71. The summed E-state index contributed by atoms with van der Waals surface area (Å²) >= 11 is 0. The van der Waals surface area contributed by atoms with Crippen LogP contribution in [0.25, 0.3) is 0 Å². The summed E-state index contributed by atoms with van der Waals surface area (Å²) in [6.45, 7) is 3.29. The number of alkyl halides is 2. The van der Waals surface area contributed by atoms with Gasteiger partial charge in [-0.15, -0.1) is 0 Å². The molecule has 1 amide bonds. The van der Waals surface area contributed by atoms with Crippen LogP contribution >= 0.6 is 0 Å². The van der Waals surface area contributed by atoms with Gasteiger partial charge in [-0.3, -0.25) is 4.79 Å². The number of rotatable bonds is 2. The lowest BCUT2D eigenvalue weighted by atomic mass is 9.84. The van der Waals surface area contributed by atoms with E-state index < -0.39 is 11.8 Å². The topological polar surface area (TPSA) is 56.6 Å². The fraction of sp³-hybridized carbons (Fsp3) is 0.455. The van der Waals surface area contributed by atoms with E-state index in [4.69, 9.17) is 10.00 Å². The zero-order chi connectivity index (χ0) is 20.6. The lowest BCUT2D eigenvalue weighted by Gasteiger charge is -2.40. The maximum atomic E-state index is 13.4. The summed E-state index contributed by atoms with van der Waals surface area (Å²) < 4.78 is 32.8. The van der Waals surface area contributed by atoms with Gasteiger partial charge in [0.15, 0.2) is 0 Å². The van der Waals surface area contributed by atoms with Crippen LogP contribution in [0, 0.1) is 23.2 Å². The van der Waals surface area contributed by atoms with E-state index in [2.05, 4.69) is 11.0 Å². The molecule has 4 rings (SSSR count). The third-order valence-electron chi connectivity index (χ3n) is 5.93. The SMILES string of the molecule is CC1C2=C(C=CC1C(=O)N1CCC(F)(F)CC1)N(c1ccc(C#N)cc1)CCO2. The number of carbonyl (C=O) groups is 1. The van der Waals surface area contributed by atoms with Crippen LogP contribution in [0.1, 0.15) is 25.3 Å². The first-order chi connectivity index (χ1) is 13.9. The number of hydrogen-bond acceptors (Lipinski definition) is 4. The summed E-state index contributed by atoms with van der Waals surface area (Å²) in [5, 5.41) is 9.00. The number of benzene rings is 1. The van der Waals surface area contributed by atoms with Gasteiger partial charge in [-0.25, -0.2) is 8.78 Å². The molecule has 5 nitrogen and oxygen atoms in total. The lowest BCUT2D eigenvalue weighted by Crippen LogP contribution is -2.47. The fourth-order valence-electron chi connectivity index (χ4n) is 4.18. The van der Waals surface area contributed by atoms with Crippen molar-refractivity contribution in [2.24, 2.45) is 11.8 Å². The number of amides is 1. The Labute approximate surface area is 168 Å². The second kappa shape index (κ2) is 7.51. The first-order valence-corrected chi connectivity index (χ1v) is 9.89. The zero-order valence-electron chi connectivity index (χ0n) is 16.3. The number of nitriles is 1. The van der Waals surface area contributed by atoms with Crippen molar-refractivity contribution < 1.29 is 18.3 Å². The van der Waals surface area contributed by atoms with Crippen LogP contribution in [0.15, 0.2) is 47.9 Å². The van der Waals surface area contributed by atoms with Crippen molar-refractivity contribution in [1.29, 1.82) is 5.26 Å². The van der Waals surface area contributed by atoms with Gasteiger partial charge in [0.05, 0.1) is 29.8 Å². The van der Waals surface area contributed by atoms with Gasteiger partial charge in [-0.2, -0.15) is 5.26 Å². The van der Waals surface area contributed by atoms with Crippen LogP contribution in [0.4, 0.5) is 14.5 Å². The molecule has 29 heavy (non-hydrogen) atoms. The minimum atomic E-state index is -2.67. The molecule has 152 valence electrons. The summed E-state index contributed by atoms with van der Waals surface area (Å²) in [5.74, 6) is -2.62. The normalized spacial score (nSPS) is 25.9. The predicted octanol–water partition coefficient (Wildman–Crippen LogP) is 3.69. The maximum absolute atomic E-state index is 13.4. The molecule has 0 aromatic heterocycles. The molecule has 2 heterocycles. The Morgan fingerprint density at radius 1 is 1.21 bits per heavy atom. The smallest absolute Gasteiger partial charge is 0.251 e. The quantitative estimate of drug-likeness (QED) is 0.761. The van der Waals surface area contributed by atoms with E-state index in [1.807, 2.05) is 31.2 Å². The Balaban J connectivity index is 1.53. The van der Waals surface area contributed by atoms with Gasteiger partial charge in [-0.05, 0) is 30.3 Å². The molecule has 1 aliphatic carbocycles. The van der Waals surface area contributed by atoms with E-state index in [0.717, 1.165) is 17.1 Å². The molecule has 0 saturated carbocycles. The minimum Gasteiger partial charge on any atom is -0.494 e. The second-order valence-electron chi connectivity index (χ2n) is 7.76. The van der Waals surface area contributed by atoms with E-state index >= 15 is 0 Å². The molecule has 3 aliphatic rings. The molecule has 1 saturated heterocycles. The van der Waals surface area contributed by atoms with Crippen molar-refractivity contribution in [3.05, 3.63) is 53.4 Å². The standard InChI is InChI=1S/C22H23F2N3O2/c1-15-18(21(28)26-10-8-22(23,24)9-11-26)6-7-19-20(15)29-13-12-27(19)17-4-2-16(14-25)3-5-17/h2-7,15,18H,8-13H2,1H3. The van der Waals surface area contributed by atoms with Gasteiger partial charge in [0.1, 0.15) is 12.4 Å². The summed E-state index contributed by atoms with van der Waals surface area (Å²) in [7, 11) is 0. The molecular formula is C22H23F2N3O2. The molecule has 7 heteroatoms. The Morgan fingerprint density at radius 2 is 1.90 bits per heavy atom. The van der Waals surface area contributed by atoms with E-state index in [1.165, 1.54) is 0 Å². The molecule has 0 spiro atoms. The molecule has 1 aromatic carbocycles. The number of nitrogens with zero attached hydrogens (tertiary/aromatic N) is 3. The first kappa shape index (κ1) is 19.4. The highest BCUT2D eigenvalue weighted by Gasteiger charge is 2.40. The number of anilines is 1. The highest BCUT2D eigenvalue weighted by molar-refractivity contribution is 5.82. The molecule has 2 aliphatic heterocycles. The molecular weight excluding hydrogens is 376 g/mol. The monoisotopic (exact) mass is 399 g/mol. The second-order valence-corrected chi connectivity index (χ2v) is 7.76. The van der Waals surface area contributed by atoms with Crippen LogP contribution < -0.4 is 4.90 Å². The van der Waals surface area contributed by atoms with Gasteiger partial charge in [0.25, 0.3) is 5.92 Å². The molecule has 0 radical (unpaired) electrons. The van der Waals surface area contributed by atoms with Gasteiger partial charge < -0.3 is 14.5 Å². The van der Waals surface area contributed by atoms with Crippen molar-refractivity contribution in [3.63, 3.8) is 0 Å². The highest BCUT2D eigenvalue weighted by atomic mass is 19.3. The number of piperidine rings is 1. The summed E-state index contributed by atoms with van der Waals surface area (Å²) in [4.78, 5) is 16.6. The van der Waals surface area contributed by atoms with Crippen LogP contribution in [0.3, 0.4) is 0 Å². The van der Waals surface area contributed by atoms with Crippen molar-refractivity contribution in [1.82, 2.24) is 4.90 Å². The Kier molecular flexibility index (Phi) is 5.03. The predicted molar refractivity (Wildman–Crippen MR) is 104 cm³/mol.